The van der Waals surface area contributed by atoms with Crippen molar-refractivity contribution in [2.24, 2.45) is 0 Å². The second-order valence-electron chi connectivity index (χ2n) is 6.24. The number of anilines is 1. The van der Waals surface area contributed by atoms with E-state index in [0.717, 1.165) is 51.8 Å². The molecule has 1 aliphatic rings. The molecule has 0 saturated heterocycles. The quantitative estimate of drug-likeness (QED) is 0.417. The number of aromatic nitrogens is 2. The van der Waals surface area contributed by atoms with E-state index in [4.69, 9.17) is 27.9 Å². The number of carbonyl (C=O) groups excluding carboxylic acids is 1. The van der Waals surface area contributed by atoms with Gasteiger partial charge in [-0.2, -0.15) is 0 Å². The molecule has 1 aliphatic heterocycles. The molecular formula is C19H17Cl2N3O2S. The van der Waals surface area contributed by atoms with Crippen molar-refractivity contribution in [2.75, 3.05) is 17.7 Å². The molecular weight excluding hydrogens is 405 g/mol. The first-order chi connectivity index (χ1) is 13.1. The Kier molecular flexibility index (Phi) is 5.48. The Labute approximate surface area is 170 Å². The Morgan fingerprint density at radius 2 is 2.00 bits per heavy atom. The number of H-pyrrole nitrogens is 1. The van der Waals surface area contributed by atoms with Crippen LogP contribution < -0.4 is 10.1 Å². The summed E-state index contributed by atoms with van der Waals surface area (Å²) in [4.78, 5) is 19.2. The van der Waals surface area contributed by atoms with Crippen molar-refractivity contribution in [1.82, 2.24) is 9.97 Å². The molecule has 4 rings (SSSR count). The standard InChI is InChI=1S/C19H17Cl2N3O2S/c20-13-9-16-17(10-14(13)21)24-19(23-16)27-7-1-6-26-12-3-4-15-11(8-12)2-5-18(25)22-15/h3-4,8-10H,1-2,5-7H2,(H,22,25)(H,23,24). The maximum Gasteiger partial charge on any atom is 0.224 e. The number of rotatable bonds is 6. The van der Waals surface area contributed by atoms with Crippen LogP contribution >= 0.6 is 35.0 Å². The van der Waals surface area contributed by atoms with Crippen molar-refractivity contribution in [1.29, 1.82) is 0 Å². The number of nitrogens with one attached hydrogen (secondary N) is 2. The number of amides is 1. The first kappa shape index (κ1) is 18.5. The summed E-state index contributed by atoms with van der Waals surface area (Å²) in [6.45, 7) is 0.621. The summed E-state index contributed by atoms with van der Waals surface area (Å²) in [7, 11) is 0. The van der Waals surface area contributed by atoms with Crippen LogP contribution in [-0.2, 0) is 11.2 Å². The molecule has 0 saturated carbocycles. The van der Waals surface area contributed by atoms with Gasteiger partial charge in [0.1, 0.15) is 5.75 Å². The minimum atomic E-state index is 0.0725. The van der Waals surface area contributed by atoms with Gasteiger partial charge in [0.05, 0.1) is 27.7 Å². The number of aryl methyl sites for hydroxylation is 1. The lowest BCUT2D eigenvalue weighted by atomic mass is 10.0. The van der Waals surface area contributed by atoms with E-state index in [9.17, 15) is 4.79 Å². The molecule has 0 radical (unpaired) electrons. The van der Waals surface area contributed by atoms with Crippen molar-refractivity contribution in [3.8, 4) is 5.75 Å². The number of fused-ring (bicyclic) bond motifs is 2. The van der Waals surface area contributed by atoms with Crippen molar-refractivity contribution in [3.63, 3.8) is 0 Å². The van der Waals surface area contributed by atoms with Crippen LogP contribution in [0, 0.1) is 0 Å². The average Bonchev–Trinajstić information content (AvgIpc) is 3.03. The topological polar surface area (TPSA) is 67.0 Å². The summed E-state index contributed by atoms with van der Waals surface area (Å²) in [5.74, 6) is 1.79. The molecule has 2 aromatic carbocycles. The number of hydrogen-bond donors (Lipinski definition) is 2. The number of halogens is 2. The normalized spacial score (nSPS) is 13.5. The maximum atomic E-state index is 11.4. The molecule has 2 heterocycles. The lowest BCUT2D eigenvalue weighted by molar-refractivity contribution is -0.116. The van der Waals surface area contributed by atoms with Gasteiger partial charge in [0.15, 0.2) is 5.16 Å². The first-order valence-corrected chi connectivity index (χ1v) is 10.4. The molecule has 8 heteroatoms. The van der Waals surface area contributed by atoms with Crippen molar-refractivity contribution < 1.29 is 9.53 Å². The van der Waals surface area contributed by atoms with Gasteiger partial charge in [-0.1, -0.05) is 35.0 Å². The zero-order valence-corrected chi connectivity index (χ0v) is 16.7. The number of carbonyl (C=O) groups is 1. The van der Waals surface area contributed by atoms with Crippen LogP contribution in [0.1, 0.15) is 18.4 Å². The van der Waals surface area contributed by atoms with E-state index in [1.165, 1.54) is 0 Å². The third kappa shape index (κ3) is 4.34. The molecule has 1 amide bonds. The van der Waals surface area contributed by atoms with E-state index < -0.39 is 0 Å². The van der Waals surface area contributed by atoms with Gasteiger partial charge in [0, 0.05) is 17.9 Å². The van der Waals surface area contributed by atoms with Crippen LogP contribution in [0.25, 0.3) is 11.0 Å². The molecule has 1 aromatic heterocycles. The van der Waals surface area contributed by atoms with Gasteiger partial charge < -0.3 is 15.0 Å². The molecule has 0 spiro atoms. The van der Waals surface area contributed by atoms with E-state index in [1.54, 1.807) is 23.9 Å². The third-order valence-electron chi connectivity index (χ3n) is 4.27. The molecule has 0 atom stereocenters. The van der Waals surface area contributed by atoms with Gasteiger partial charge in [-0.3, -0.25) is 4.79 Å². The molecule has 140 valence electrons. The highest BCUT2D eigenvalue weighted by Crippen LogP contribution is 2.29. The molecule has 0 aliphatic carbocycles. The minimum absolute atomic E-state index is 0.0725. The predicted molar refractivity (Wildman–Crippen MR) is 110 cm³/mol. The maximum absolute atomic E-state index is 11.4. The highest BCUT2D eigenvalue weighted by atomic mass is 35.5. The summed E-state index contributed by atoms with van der Waals surface area (Å²) in [6.07, 6.45) is 2.17. The first-order valence-electron chi connectivity index (χ1n) is 8.61. The summed E-state index contributed by atoms with van der Waals surface area (Å²) >= 11 is 13.7. The molecule has 3 aromatic rings. The number of thioether (sulfide) groups is 1. The number of nitrogens with zero attached hydrogens (tertiary/aromatic N) is 1. The van der Waals surface area contributed by atoms with Gasteiger partial charge in [0.25, 0.3) is 0 Å². The van der Waals surface area contributed by atoms with E-state index in [1.807, 2.05) is 18.2 Å². The number of imidazole rings is 1. The van der Waals surface area contributed by atoms with Gasteiger partial charge in [-0.05, 0) is 48.7 Å². The van der Waals surface area contributed by atoms with Crippen LogP contribution in [0.5, 0.6) is 5.75 Å². The zero-order valence-electron chi connectivity index (χ0n) is 14.4. The SMILES string of the molecule is O=C1CCc2cc(OCCCSc3nc4cc(Cl)c(Cl)cc4[nH]3)ccc2N1. The number of benzene rings is 2. The van der Waals surface area contributed by atoms with Crippen LogP contribution in [0.4, 0.5) is 5.69 Å². The number of aromatic amines is 1. The van der Waals surface area contributed by atoms with E-state index >= 15 is 0 Å². The second kappa shape index (κ2) is 8.00. The van der Waals surface area contributed by atoms with Crippen molar-refractivity contribution >= 4 is 57.6 Å². The summed E-state index contributed by atoms with van der Waals surface area (Å²) < 4.78 is 5.84. The van der Waals surface area contributed by atoms with E-state index in [2.05, 4.69) is 15.3 Å². The number of ether oxygens (including phenoxy) is 1. The molecule has 2 N–H and O–H groups in total. The lowest BCUT2D eigenvalue weighted by Crippen LogP contribution is -2.18. The van der Waals surface area contributed by atoms with Gasteiger partial charge >= 0.3 is 0 Å². The Hall–Kier alpha value is -1.89. The monoisotopic (exact) mass is 421 g/mol. The minimum Gasteiger partial charge on any atom is -0.494 e. The van der Waals surface area contributed by atoms with Gasteiger partial charge in [0.2, 0.25) is 5.91 Å². The zero-order chi connectivity index (χ0) is 18.8. The molecule has 0 fully saturated rings. The van der Waals surface area contributed by atoms with E-state index in [-0.39, 0.29) is 5.91 Å². The van der Waals surface area contributed by atoms with Crippen LogP contribution in [0.3, 0.4) is 0 Å². The highest BCUT2D eigenvalue weighted by Gasteiger charge is 2.15. The molecule has 5 nitrogen and oxygen atoms in total. The van der Waals surface area contributed by atoms with Crippen molar-refractivity contribution in [2.45, 2.75) is 24.4 Å². The largest absolute Gasteiger partial charge is 0.494 e. The number of hydrogen-bond acceptors (Lipinski definition) is 4. The predicted octanol–water partition coefficient (Wildman–Crippen LogP) is 5.32. The fourth-order valence-corrected chi connectivity index (χ4v) is 4.04. The lowest BCUT2D eigenvalue weighted by Gasteiger charge is -2.17. The van der Waals surface area contributed by atoms with Gasteiger partial charge in [-0.25, -0.2) is 4.98 Å². The smallest absolute Gasteiger partial charge is 0.224 e. The van der Waals surface area contributed by atoms with Crippen molar-refractivity contribution in [3.05, 3.63) is 45.9 Å². The summed E-state index contributed by atoms with van der Waals surface area (Å²) in [6, 6.07) is 9.36. The third-order valence-corrected chi connectivity index (χ3v) is 5.95. The van der Waals surface area contributed by atoms with Crippen LogP contribution in [0.15, 0.2) is 35.5 Å². The highest BCUT2D eigenvalue weighted by molar-refractivity contribution is 7.99. The summed E-state index contributed by atoms with van der Waals surface area (Å²) in [5, 5.41) is 4.74. The Balaban J connectivity index is 1.26. The Morgan fingerprint density at radius 3 is 2.89 bits per heavy atom. The second-order valence-corrected chi connectivity index (χ2v) is 8.14. The van der Waals surface area contributed by atoms with Crippen LogP contribution in [0.2, 0.25) is 10.0 Å². The van der Waals surface area contributed by atoms with E-state index in [0.29, 0.717) is 23.1 Å². The fourth-order valence-electron chi connectivity index (χ4n) is 2.92. The average molecular weight is 422 g/mol. The molecule has 0 unspecified atom stereocenters. The Morgan fingerprint density at radius 1 is 1.15 bits per heavy atom. The molecule has 27 heavy (non-hydrogen) atoms. The fraction of sp³-hybridized carbons (Fsp3) is 0.263. The summed E-state index contributed by atoms with van der Waals surface area (Å²) in [5.41, 5.74) is 3.70. The Bertz CT molecular complexity index is 967. The van der Waals surface area contributed by atoms with Crippen LogP contribution in [-0.4, -0.2) is 28.2 Å². The molecule has 0 bridgehead atoms. The van der Waals surface area contributed by atoms with Gasteiger partial charge in [-0.15, -0.1) is 0 Å².